The van der Waals surface area contributed by atoms with Gasteiger partial charge in [-0.1, -0.05) is 20.8 Å². The molecule has 28 heteroatoms. The summed E-state index contributed by atoms with van der Waals surface area (Å²) >= 11 is 9.14. The van der Waals surface area contributed by atoms with E-state index < -0.39 is 40.1 Å². The number of halogens is 6. The van der Waals surface area contributed by atoms with Gasteiger partial charge >= 0.3 is 12.1 Å². The lowest BCUT2D eigenvalue weighted by molar-refractivity contribution is -0.384. The number of aliphatic hydroxyl groups is 2. The smallest absolute Gasteiger partial charge is 0.410 e. The first-order valence-electron chi connectivity index (χ1n) is 26.3. The largest absolute Gasteiger partial charge is 0.412 e. The monoisotopic (exact) mass is 1300 g/mol. The number of benzene rings is 5. The lowest BCUT2D eigenvalue weighted by atomic mass is 9.74. The molecule has 2 aliphatic rings. The second kappa shape index (κ2) is 34.3. The Kier molecular flexibility index (Phi) is 28.1. The molecule has 454 valence electrons. The van der Waals surface area contributed by atoms with Gasteiger partial charge in [-0.2, -0.15) is 0 Å². The van der Waals surface area contributed by atoms with Crippen LogP contribution in [0.3, 0.4) is 0 Å². The van der Waals surface area contributed by atoms with Gasteiger partial charge in [0.15, 0.2) is 0 Å². The van der Waals surface area contributed by atoms with Crippen molar-refractivity contribution in [1.82, 2.24) is 30.8 Å². The molecular formula is C56H64F6N8O7S7. The van der Waals surface area contributed by atoms with Crippen LogP contribution in [0.15, 0.2) is 97.1 Å². The number of carbonyl (C=O) groups excluding carboxylic acids is 2. The van der Waals surface area contributed by atoms with Gasteiger partial charge in [0.1, 0.15) is 40.7 Å². The van der Waals surface area contributed by atoms with E-state index in [1.54, 1.807) is 64.8 Å². The van der Waals surface area contributed by atoms with Gasteiger partial charge in [-0.3, -0.25) is 10.1 Å². The van der Waals surface area contributed by atoms with E-state index in [1.807, 2.05) is 0 Å². The molecule has 3 amide bonds. The minimum atomic E-state index is -0.727. The Morgan fingerprint density at radius 3 is 1.45 bits per heavy atom. The number of urea groups is 1. The summed E-state index contributed by atoms with van der Waals surface area (Å²) in [6.45, 7) is 13.5. The van der Waals surface area contributed by atoms with Crippen LogP contribution >= 0.6 is 0 Å². The lowest BCUT2D eigenvalue weighted by Gasteiger charge is -2.36. The molecule has 0 radical (unpaired) electrons. The normalized spacial score (nSPS) is 16.3. The van der Waals surface area contributed by atoms with Gasteiger partial charge in [0.05, 0.1) is 46.6 Å². The highest BCUT2D eigenvalue weighted by atomic mass is 33.4. The van der Waals surface area contributed by atoms with Crippen LogP contribution < -0.4 is 26.4 Å². The molecule has 2 aliphatic carbocycles. The Balaban J connectivity index is 0.000000237. The predicted molar refractivity (Wildman–Crippen MR) is 335 cm³/mol. The third-order valence-electron chi connectivity index (χ3n) is 13.4. The molecule has 2 atom stereocenters. The minimum Gasteiger partial charge on any atom is -0.410 e. The number of nitrogens with two attached hydrogens (primary N) is 1. The molecular weight excluding hydrogens is 1240 g/mol. The maximum Gasteiger partial charge on any atom is 0.412 e. The molecule has 2 aromatic heterocycles. The number of aliphatic hydroxyl groups excluding tert-OH is 2. The number of aromatic nitrogens is 2. The third-order valence-corrected chi connectivity index (χ3v) is 22.3. The van der Waals surface area contributed by atoms with E-state index in [2.05, 4.69) is 74.0 Å². The Morgan fingerprint density at radius 1 is 0.679 bits per heavy atom. The minimum absolute atomic E-state index is 0.0273. The highest BCUT2D eigenvalue weighted by molar-refractivity contribution is 8.68. The summed E-state index contributed by atoms with van der Waals surface area (Å²) in [5.41, 5.74) is 9.25. The van der Waals surface area contributed by atoms with E-state index in [-0.39, 0.29) is 83.5 Å². The molecule has 2 heterocycles. The number of rotatable bonds is 14. The number of nitro benzene ring substituents is 1. The van der Waals surface area contributed by atoms with Gasteiger partial charge in [-0.05, 0) is 166 Å². The maximum absolute atomic E-state index is 14.5. The number of nitrogens with zero attached hydrogens (tertiary/aromatic N) is 2. The zero-order chi connectivity index (χ0) is 61.6. The third kappa shape index (κ3) is 20.1. The molecule has 0 spiro atoms. The zero-order valence-corrected chi connectivity index (χ0v) is 51.8. The maximum atomic E-state index is 14.5. The van der Waals surface area contributed by atoms with Gasteiger partial charge in [0.25, 0.3) is 5.69 Å². The molecule has 0 saturated heterocycles. The predicted octanol–water partition coefficient (Wildman–Crippen LogP) is 11.0. The molecule has 84 heavy (non-hydrogen) atoms. The van der Waals surface area contributed by atoms with Crippen molar-refractivity contribution in [1.29, 1.82) is 0 Å². The molecule has 7 aromatic rings. The second-order valence-corrected chi connectivity index (χ2v) is 28.1. The van der Waals surface area contributed by atoms with Crippen LogP contribution in [0.4, 0.5) is 41.6 Å². The standard InChI is InChI=1S/C25H18F3N3O4.C22H22F3N3O2.C6H15N.C3H9NO.S7/c26-15-3-1-13(2-4-15)23-22(20-11-16(27)12-21(28)24(20)30-23)14-9-17(10-14)29-25(32)35-19-7-5-18(6-8-19)31(33)34;1-11(10-29)26-22(30)27-16-6-13(7-16)19-17-8-15(24)9-18(25)21(17)28-20(19)12-2-4-14(23)5-3-12;1-4-7(5-2)6-3;1-3(4)2-5;1-3-5-7-6-4-2/h1-8,11-12,14,17,30H,9-10H2,(H,29,32);2-5,8-9,11,13,16,28-29H,6-7,10H2,1H3,(H2,26,27,30);4-6H2,1-3H3;3,5H,2,4H2,1H3;/t;11-,13?,16?;;3-;/m.0.0./s1. The van der Waals surface area contributed by atoms with E-state index in [1.165, 1.54) is 98.1 Å². The Morgan fingerprint density at radius 2 is 1.10 bits per heavy atom. The zero-order valence-electron chi connectivity index (χ0n) is 46.1. The van der Waals surface area contributed by atoms with Crippen molar-refractivity contribution in [2.24, 2.45) is 5.73 Å². The molecule has 2 saturated carbocycles. The summed E-state index contributed by atoms with van der Waals surface area (Å²) in [6.07, 6.45) is 1.47. The average molecular weight is 1300 g/mol. The van der Waals surface area contributed by atoms with E-state index in [0.29, 0.717) is 64.5 Å². The Hall–Kier alpha value is -5.92. The molecule has 2 fully saturated rings. The molecule has 15 nitrogen and oxygen atoms in total. The number of non-ortho nitro benzene ring substituents is 1. The number of hydrogen-bond donors (Lipinski definition) is 8. The summed E-state index contributed by atoms with van der Waals surface area (Å²) < 4.78 is 88.8. The number of aromatic amines is 2. The number of amides is 3. The van der Waals surface area contributed by atoms with Gasteiger partial charge in [0, 0.05) is 120 Å². The van der Waals surface area contributed by atoms with Crippen LogP contribution in [0.1, 0.15) is 83.3 Å². The highest BCUT2D eigenvalue weighted by Gasteiger charge is 2.37. The molecule has 0 unspecified atom stereocenters. The number of ether oxygens (including phenoxy) is 1. The Bertz CT molecular complexity index is 3530. The van der Waals surface area contributed by atoms with E-state index in [4.69, 9.17) is 20.7 Å². The Labute approximate surface area is 506 Å². The van der Waals surface area contributed by atoms with Crippen LogP contribution in [0.2, 0.25) is 0 Å². The fourth-order valence-corrected chi connectivity index (χ4v) is 17.3. The van der Waals surface area contributed by atoms with E-state index >= 15 is 0 Å². The van der Waals surface area contributed by atoms with Crippen LogP contribution in [0.25, 0.3) is 44.3 Å². The van der Waals surface area contributed by atoms with Gasteiger partial charge < -0.3 is 51.5 Å². The lowest BCUT2D eigenvalue weighted by Crippen LogP contribution is -2.50. The first-order chi connectivity index (χ1) is 40.2. The SMILES string of the molecule is CCN(CC)CC.C[C@@H](CO)NC(=O)NC1CC(c2c(-c3ccc(F)cc3)[nH]c3c(F)cc(F)cc23)C1.C[C@H](N)CO.O=C(NC1CC(c2c(-c3ccc(F)cc3)[nH]c3c(F)cc(F)cc23)C1)Oc1ccc([N+](=O)[O-])cc1.S=S=S=S=S=S=S. The van der Waals surface area contributed by atoms with Crippen LogP contribution in [-0.2, 0) is 66.8 Å². The summed E-state index contributed by atoms with van der Waals surface area (Å²) in [5.74, 6) is -3.58. The van der Waals surface area contributed by atoms with Crippen molar-refractivity contribution in [2.75, 3.05) is 32.8 Å². The van der Waals surface area contributed by atoms with E-state index in [0.717, 1.165) is 17.7 Å². The second-order valence-electron chi connectivity index (χ2n) is 19.3. The van der Waals surface area contributed by atoms with Crippen molar-refractivity contribution in [3.05, 3.63) is 153 Å². The summed E-state index contributed by atoms with van der Waals surface area (Å²) in [6, 6.07) is 19.7. The number of hydrogen-bond acceptors (Lipinski definition) is 11. The fraction of sp³-hybridized carbons (Fsp3) is 0.357. The molecule has 5 aromatic carbocycles. The van der Waals surface area contributed by atoms with Crippen LogP contribution in [0, 0.1) is 45.0 Å². The van der Waals surface area contributed by atoms with Crippen LogP contribution in [0.5, 0.6) is 5.75 Å². The number of carbonyl (C=O) groups is 2. The molecule has 9 rings (SSSR count). The summed E-state index contributed by atoms with van der Waals surface area (Å²) in [4.78, 5) is 42.8. The quantitative estimate of drug-likeness (QED) is 0.0290. The first-order valence-corrected chi connectivity index (χ1v) is 34.3. The number of nitro groups is 1. The van der Waals surface area contributed by atoms with Gasteiger partial charge in [-0.15, -0.1) is 0 Å². The average Bonchev–Trinajstić information content (AvgIpc) is 2.63. The number of fused-ring (bicyclic) bond motifs is 2. The number of H-pyrrole nitrogens is 2. The number of nitrogens with one attached hydrogen (secondary N) is 5. The van der Waals surface area contributed by atoms with E-state index in [9.17, 15) is 46.0 Å². The topological polar surface area (TPSA) is 224 Å². The van der Waals surface area contributed by atoms with Crippen molar-refractivity contribution in [3.63, 3.8) is 0 Å². The van der Waals surface area contributed by atoms with Crippen molar-refractivity contribution < 1.29 is 55.8 Å². The van der Waals surface area contributed by atoms with Gasteiger partial charge in [0.2, 0.25) is 0 Å². The molecule has 9 N–H and O–H groups in total. The molecule has 0 bridgehead atoms. The van der Waals surface area contributed by atoms with Crippen molar-refractivity contribution >= 4 is 106 Å². The fourth-order valence-electron chi connectivity index (χ4n) is 9.10. The highest BCUT2D eigenvalue weighted by Crippen LogP contribution is 2.47. The van der Waals surface area contributed by atoms with Crippen LogP contribution in [-0.4, -0.2) is 99.1 Å². The van der Waals surface area contributed by atoms with Crippen molar-refractivity contribution in [3.8, 4) is 28.3 Å². The summed E-state index contributed by atoms with van der Waals surface area (Å²) in [7, 11) is 7.36. The van der Waals surface area contributed by atoms with Gasteiger partial charge in [-0.25, -0.2) is 35.9 Å². The molecule has 0 aliphatic heterocycles. The summed E-state index contributed by atoms with van der Waals surface area (Å²) in [5, 5.41) is 36.8. The van der Waals surface area contributed by atoms with Crippen molar-refractivity contribution in [2.45, 2.75) is 96.3 Å². The first kappa shape index (κ1) is 68.9.